The number of hydrogen-bond donors (Lipinski definition) is 1. The molecule has 0 fully saturated rings. The van der Waals surface area contributed by atoms with Gasteiger partial charge in [-0.3, -0.25) is 9.59 Å². The van der Waals surface area contributed by atoms with E-state index in [1.807, 2.05) is 32.0 Å². The SMILES string of the molecule is CCc1cccc(C)c1NC(=O)COC(=O)Cc1ccc2c(c1)OCCO2. The van der Waals surface area contributed by atoms with E-state index < -0.39 is 5.97 Å². The number of hydrogen-bond acceptors (Lipinski definition) is 5. The molecule has 0 aromatic heterocycles. The molecule has 6 heteroatoms. The smallest absolute Gasteiger partial charge is 0.310 e. The minimum atomic E-state index is -0.470. The molecule has 0 unspecified atom stereocenters. The molecule has 0 saturated carbocycles. The number of para-hydroxylation sites is 1. The summed E-state index contributed by atoms with van der Waals surface area (Å²) < 4.78 is 16.1. The van der Waals surface area contributed by atoms with Crippen molar-refractivity contribution in [3.63, 3.8) is 0 Å². The highest BCUT2D eigenvalue weighted by molar-refractivity contribution is 5.94. The summed E-state index contributed by atoms with van der Waals surface area (Å²) in [6.07, 6.45) is 0.871. The zero-order valence-corrected chi connectivity index (χ0v) is 15.5. The number of fused-ring (bicyclic) bond motifs is 1. The summed E-state index contributed by atoms with van der Waals surface area (Å²) in [6, 6.07) is 11.2. The molecule has 0 atom stereocenters. The van der Waals surface area contributed by atoms with Gasteiger partial charge >= 0.3 is 5.97 Å². The molecule has 3 rings (SSSR count). The van der Waals surface area contributed by atoms with E-state index in [0.717, 1.165) is 28.8 Å². The largest absolute Gasteiger partial charge is 0.486 e. The third-order valence-corrected chi connectivity index (χ3v) is 4.32. The van der Waals surface area contributed by atoms with Crippen LogP contribution in [0.25, 0.3) is 0 Å². The first kappa shape index (κ1) is 18.8. The number of carbonyl (C=O) groups is 2. The Morgan fingerprint density at radius 2 is 1.89 bits per heavy atom. The lowest BCUT2D eigenvalue weighted by atomic mass is 10.1. The van der Waals surface area contributed by atoms with Gasteiger partial charge in [0.2, 0.25) is 0 Å². The molecule has 142 valence electrons. The molecule has 0 bridgehead atoms. The molecular weight excluding hydrogens is 346 g/mol. The number of esters is 1. The van der Waals surface area contributed by atoms with E-state index in [4.69, 9.17) is 14.2 Å². The van der Waals surface area contributed by atoms with Crippen LogP contribution in [-0.4, -0.2) is 31.7 Å². The number of anilines is 1. The monoisotopic (exact) mass is 369 g/mol. The highest BCUT2D eigenvalue weighted by Gasteiger charge is 2.15. The van der Waals surface area contributed by atoms with Crippen LogP contribution in [0.15, 0.2) is 36.4 Å². The zero-order valence-electron chi connectivity index (χ0n) is 15.5. The molecule has 1 N–H and O–H groups in total. The van der Waals surface area contributed by atoms with Crippen molar-refractivity contribution >= 4 is 17.6 Å². The van der Waals surface area contributed by atoms with Gasteiger partial charge in [0.25, 0.3) is 5.91 Å². The Labute approximate surface area is 158 Å². The number of carbonyl (C=O) groups excluding carboxylic acids is 2. The fraction of sp³-hybridized carbons (Fsp3) is 0.333. The predicted molar refractivity (Wildman–Crippen MR) is 101 cm³/mol. The normalized spacial score (nSPS) is 12.4. The van der Waals surface area contributed by atoms with E-state index in [1.165, 1.54) is 0 Å². The summed E-state index contributed by atoms with van der Waals surface area (Å²) in [6.45, 7) is 4.64. The molecule has 2 aromatic rings. The number of aryl methyl sites for hydroxylation is 2. The van der Waals surface area contributed by atoms with E-state index in [9.17, 15) is 9.59 Å². The lowest BCUT2D eigenvalue weighted by Gasteiger charge is -2.18. The Kier molecular flexibility index (Phi) is 5.96. The maximum absolute atomic E-state index is 12.2. The van der Waals surface area contributed by atoms with Crippen molar-refractivity contribution in [1.29, 1.82) is 0 Å². The van der Waals surface area contributed by atoms with E-state index in [2.05, 4.69) is 5.32 Å². The van der Waals surface area contributed by atoms with Crippen molar-refractivity contribution in [3.05, 3.63) is 53.1 Å². The van der Waals surface area contributed by atoms with Crippen LogP contribution >= 0.6 is 0 Å². The number of ether oxygens (including phenoxy) is 3. The molecule has 0 radical (unpaired) electrons. The first-order valence-corrected chi connectivity index (χ1v) is 8.99. The Balaban J connectivity index is 1.53. The Hall–Kier alpha value is -3.02. The van der Waals surface area contributed by atoms with Crippen LogP contribution in [0.1, 0.15) is 23.6 Å². The summed E-state index contributed by atoms with van der Waals surface area (Å²) >= 11 is 0. The van der Waals surface area contributed by atoms with Crippen molar-refractivity contribution in [3.8, 4) is 11.5 Å². The van der Waals surface area contributed by atoms with Gasteiger partial charge in [-0.05, 0) is 42.2 Å². The average molecular weight is 369 g/mol. The quantitative estimate of drug-likeness (QED) is 0.792. The van der Waals surface area contributed by atoms with Crippen molar-refractivity contribution in [2.75, 3.05) is 25.1 Å². The third-order valence-electron chi connectivity index (χ3n) is 4.32. The minimum absolute atomic E-state index is 0.0640. The molecule has 0 spiro atoms. The van der Waals surface area contributed by atoms with Crippen LogP contribution in [0.2, 0.25) is 0 Å². The Morgan fingerprint density at radius 3 is 2.67 bits per heavy atom. The molecule has 6 nitrogen and oxygen atoms in total. The van der Waals surface area contributed by atoms with Gasteiger partial charge in [0.05, 0.1) is 6.42 Å². The van der Waals surface area contributed by atoms with E-state index in [1.54, 1.807) is 18.2 Å². The Morgan fingerprint density at radius 1 is 1.11 bits per heavy atom. The summed E-state index contributed by atoms with van der Waals surface area (Å²) in [5.41, 5.74) is 3.56. The summed E-state index contributed by atoms with van der Waals surface area (Å²) in [5.74, 6) is 0.468. The average Bonchev–Trinajstić information content (AvgIpc) is 2.68. The van der Waals surface area contributed by atoms with Gasteiger partial charge in [-0.15, -0.1) is 0 Å². The number of amides is 1. The van der Waals surface area contributed by atoms with Crippen LogP contribution in [0, 0.1) is 6.92 Å². The fourth-order valence-electron chi connectivity index (χ4n) is 2.94. The number of rotatable bonds is 6. The van der Waals surface area contributed by atoms with Crippen molar-refractivity contribution in [2.45, 2.75) is 26.7 Å². The minimum Gasteiger partial charge on any atom is -0.486 e. The molecular formula is C21H23NO5. The standard InChI is InChI=1S/C21H23NO5/c1-3-16-6-4-5-14(2)21(16)22-19(23)13-27-20(24)12-15-7-8-17-18(11-15)26-10-9-25-17/h4-8,11H,3,9-10,12-13H2,1-2H3,(H,22,23). The van der Waals surface area contributed by atoms with E-state index in [-0.39, 0.29) is 18.9 Å². The van der Waals surface area contributed by atoms with Crippen molar-refractivity contribution in [2.24, 2.45) is 0 Å². The fourth-order valence-corrected chi connectivity index (χ4v) is 2.94. The van der Waals surface area contributed by atoms with Crippen LogP contribution in [0.3, 0.4) is 0 Å². The Bertz CT molecular complexity index is 846. The van der Waals surface area contributed by atoms with Crippen molar-refractivity contribution < 1.29 is 23.8 Å². The van der Waals surface area contributed by atoms with Gasteiger partial charge in [0.15, 0.2) is 18.1 Å². The summed E-state index contributed by atoms with van der Waals surface area (Å²) in [7, 11) is 0. The molecule has 0 aliphatic carbocycles. The first-order chi connectivity index (χ1) is 13.1. The highest BCUT2D eigenvalue weighted by Crippen LogP contribution is 2.30. The summed E-state index contributed by atoms with van der Waals surface area (Å²) in [5, 5.41) is 2.84. The van der Waals surface area contributed by atoms with Gasteiger partial charge in [-0.25, -0.2) is 0 Å². The van der Waals surface area contributed by atoms with Crippen LogP contribution in [0.5, 0.6) is 11.5 Å². The van der Waals surface area contributed by atoms with Gasteiger partial charge in [-0.2, -0.15) is 0 Å². The lowest BCUT2D eigenvalue weighted by molar-refractivity contribution is -0.146. The van der Waals surface area contributed by atoms with Gasteiger partial charge in [-0.1, -0.05) is 31.2 Å². The van der Waals surface area contributed by atoms with E-state index >= 15 is 0 Å². The second kappa shape index (κ2) is 8.58. The molecule has 2 aromatic carbocycles. The molecule has 1 heterocycles. The maximum atomic E-state index is 12.2. The maximum Gasteiger partial charge on any atom is 0.310 e. The molecule has 1 amide bonds. The van der Waals surface area contributed by atoms with Crippen LogP contribution in [0.4, 0.5) is 5.69 Å². The van der Waals surface area contributed by atoms with Crippen LogP contribution < -0.4 is 14.8 Å². The van der Waals surface area contributed by atoms with Gasteiger partial charge in [0.1, 0.15) is 13.2 Å². The lowest BCUT2D eigenvalue weighted by Crippen LogP contribution is -2.22. The predicted octanol–water partition coefficient (Wildman–Crippen LogP) is 3.05. The first-order valence-electron chi connectivity index (χ1n) is 8.99. The summed E-state index contributed by atoms with van der Waals surface area (Å²) in [4.78, 5) is 24.2. The molecule has 1 aliphatic heterocycles. The second-order valence-electron chi connectivity index (χ2n) is 6.33. The third kappa shape index (κ3) is 4.78. The second-order valence-corrected chi connectivity index (χ2v) is 6.33. The van der Waals surface area contributed by atoms with Crippen LogP contribution in [-0.2, 0) is 27.2 Å². The number of benzene rings is 2. The highest BCUT2D eigenvalue weighted by atomic mass is 16.6. The number of nitrogens with one attached hydrogen (secondary N) is 1. The zero-order chi connectivity index (χ0) is 19.2. The van der Waals surface area contributed by atoms with Gasteiger partial charge < -0.3 is 19.5 Å². The molecule has 0 saturated heterocycles. The molecule has 27 heavy (non-hydrogen) atoms. The van der Waals surface area contributed by atoms with Crippen molar-refractivity contribution in [1.82, 2.24) is 0 Å². The molecule has 1 aliphatic rings. The van der Waals surface area contributed by atoms with Gasteiger partial charge in [0, 0.05) is 5.69 Å². The topological polar surface area (TPSA) is 73.9 Å². The van der Waals surface area contributed by atoms with E-state index in [0.29, 0.717) is 24.7 Å².